The van der Waals surface area contributed by atoms with Crippen LogP contribution >= 0.6 is 11.9 Å². The summed E-state index contributed by atoms with van der Waals surface area (Å²) in [6, 6.07) is 13.5. The van der Waals surface area contributed by atoms with E-state index in [-0.39, 0.29) is 10.6 Å². The Kier molecular flexibility index (Phi) is 5.92. The molecule has 1 heterocycles. The Hall–Kier alpha value is -2.56. The van der Waals surface area contributed by atoms with Gasteiger partial charge in [0.05, 0.1) is 22.4 Å². The molecule has 146 valence electrons. The van der Waals surface area contributed by atoms with Gasteiger partial charge in [-0.3, -0.25) is 9.30 Å². The molecule has 1 aliphatic heterocycles. The average molecular weight is 399 g/mol. The van der Waals surface area contributed by atoms with E-state index < -0.39 is 6.04 Å². The Labute approximate surface area is 169 Å². The van der Waals surface area contributed by atoms with Crippen molar-refractivity contribution in [2.24, 2.45) is 10.7 Å². The van der Waals surface area contributed by atoms with Crippen molar-refractivity contribution in [2.75, 3.05) is 13.6 Å². The van der Waals surface area contributed by atoms with Crippen molar-refractivity contribution in [3.63, 3.8) is 0 Å². The minimum Gasteiger partial charge on any atom is -0.489 e. The fraction of sp³-hybridized carbons (Fsp3) is 0.333. The first-order valence-corrected chi connectivity index (χ1v) is 9.71. The van der Waals surface area contributed by atoms with E-state index in [1.807, 2.05) is 37.3 Å². The summed E-state index contributed by atoms with van der Waals surface area (Å²) in [7, 11) is 1.96. The van der Waals surface area contributed by atoms with Gasteiger partial charge < -0.3 is 10.5 Å². The zero-order valence-electron chi connectivity index (χ0n) is 16.1. The predicted molar refractivity (Wildman–Crippen MR) is 111 cm³/mol. The molecule has 1 unspecified atom stereocenters. The van der Waals surface area contributed by atoms with Crippen LogP contribution in [0, 0.1) is 17.1 Å². The van der Waals surface area contributed by atoms with Crippen LogP contribution in [0.2, 0.25) is 0 Å². The number of nitriles is 1. The van der Waals surface area contributed by atoms with E-state index in [1.54, 1.807) is 36.2 Å². The third-order valence-electron chi connectivity index (χ3n) is 4.54. The molecule has 0 aromatic heterocycles. The number of hydrogen-bond donors (Lipinski definition) is 1. The van der Waals surface area contributed by atoms with Crippen LogP contribution in [0.25, 0.3) is 0 Å². The molecule has 7 heteroatoms. The molecule has 0 amide bonds. The molecule has 5 nitrogen and oxygen atoms in total. The van der Waals surface area contributed by atoms with Crippen LogP contribution in [0.1, 0.15) is 36.6 Å². The van der Waals surface area contributed by atoms with Gasteiger partial charge in [0, 0.05) is 12.1 Å². The molecule has 0 bridgehead atoms. The highest BCUT2D eigenvalue weighted by atomic mass is 32.2. The second-order valence-corrected chi connectivity index (χ2v) is 9.05. The van der Waals surface area contributed by atoms with E-state index in [9.17, 15) is 4.39 Å². The van der Waals surface area contributed by atoms with Crippen molar-refractivity contribution in [1.29, 1.82) is 5.26 Å². The van der Waals surface area contributed by atoms with Gasteiger partial charge in [-0.25, -0.2) is 4.39 Å². The highest BCUT2D eigenvalue weighted by molar-refractivity contribution is 7.99. The number of halogens is 1. The summed E-state index contributed by atoms with van der Waals surface area (Å²) >= 11 is 1.59. The minimum absolute atomic E-state index is 0.328. The Morgan fingerprint density at radius 1 is 1.32 bits per heavy atom. The first-order chi connectivity index (χ1) is 13.3. The molecule has 0 spiro atoms. The quantitative estimate of drug-likeness (QED) is 0.787. The van der Waals surface area contributed by atoms with Gasteiger partial charge in [-0.15, -0.1) is 0 Å². The molecule has 0 fully saturated rings. The first kappa shape index (κ1) is 20.2. The molecule has 2 aromatic carbocycles. The summed E-state index contributed by atoms with van der Waals surface area (Å²) in [6.07, 6.45) is 0. The van der Waals surface area contributed by atoms with E-state index in [1.165, 1.54) is 6.07 Å². The standard InChI is InChI=1S/C21H23FN4OS/c1-21(2)20(24)25-19(12-26(3)28-21)17-10-16(8-9-18(17)22)27-13-15-6-4-14(11-23)5-7-15/h4-10,19H,12-13H2,1-3H3,(H2,24,25). The first-order valence-electron chi connectivity index (χ1n) is 8.94. The van der Waals surface area contributed by atoms with Crippen molar-refractivity contribution in [1.82, 2.24) is 4.31 Å². The van der Waals surface area contributed by atoms with Gasteiger partial charge in [-0.1, -0.05) is 24.1 Å². The number of nitrogens with zero attached hydrogens (tertiary/aromatic N) is 3. The van der Waals surface area contributed by atoms with Crippen LogP contribution in [0.15, 0.2) is 47.5 Å². The zero-order valence-corrected chi connectivity index (χ0v) is 17.0. The largest absolute Gasteiger partial charge is 0.489 e. The van der Waals surface area contributed by atoms with Gasteiger partial charge in [0.1, 0.15) is 24.0 Å². The summed E-state index contributed by atoms with van der Waals surface area (Å²) < 4.78 is 22.1. The monoisotopic (exact) mass is 398 g/mol. The van der Waals surface area contributed by atoms with Crippen LogP contribution in [-0.2, 0) is 6.61 Å². The van der Waals surface area contributed by atoms with E-state index in [0.717, 1.165) is 5.56 Å². The number of likely N-dealkylation sites (N-methyl/N-ethyl adjacent to an activating group) is 1. The number of amidine groups is 1. The molecule has 0 radical (unpaired) electrons. The SMILES string of the molecule is CN1CC(c2cc(OCc3ccc(C#N)cc3)ccc2F)N=C(N)C(C)(C)S1. The van der Waals surface area contributed by atoms with Crippen molar-refractivity contribution >= 4 is 17.8 Å². The smallest absolute Gasteiger partial charge is 0.128 e. The van der Waals surface area contributed by atoms with E-state index >= 15 is 0 Å². The predicted octanol–water partition coefficient (Wildman–Crippen LogP) is 4.05. The number of benzene rings is 2. The lowest BCUT2D eigenvalue weighted by Crippen LogP contribution is -2.36. The van der Waals surface area contributed by atoms with Gasteiger partial charge in [0.25, 0.3) is 0 Å². The third-order valence-corrected chi connectivity index (χ3v) is 5.67. The van der Waals surface area contributed by atoms with Crippen LogP contribution in [-0.4, -0.2) is 28.5 Å². The lowest BCUT2D eigenvalue weighted by molar-refractivity contribution is 0.305. The number of nitrogens with two attached hydrogens (primary N) is 1. The molecule has 0 aliphatic carbocycles. The van der Waals surface area contributed by atoms with Crippen LogP contribution in [0.4, 0.5) is 4.39 Å². The lowest BCUT2D eigenvalue weighted by Gasteiger charge is -2.25. The molecule has 0 saturated carbocycles. The van der Waals surface area contributed by atoms with Crippen LogP contribution in [0.5, 0.6) is 5.75 Å². The second-order valence-electron chi connectivity index (χ2n) is 7.22. The Balaban J connectivity index is 1.80. The fourth-order valence-electron chi connectivity index (χ4n) is 2.96. The molecule has 0 saturated heterocycles. The molecule has 28 heavy (non-hydrogen) atoms. The Bertz CT molecular complexity index is 921. The minimum atomic E-state index is -0.405. The maximum absolute atomic E-state index is 14.6. The molecular weight excluding hydrogens is 375 g/mol. The highest BCUT2D eigenvalue weighted by Gasteiger charge is 2.32. The number of ether oxygens (including phenoxy) is 1. The average Bonchev–Trinajstić information content (AvgIpc) is 2.76. The Morgan fingerprint density at radius 2 is 2.04 bits per heavy atom. The maximum Gasteiger partial charge on any atom is 0.128 e. The highest BCUT2D eigenvalue weighted by Crippen LogP contribution is 2.36. The summed E-state index contributed by atoms with van der Waals surface area (Å²) in [5.41, 5.74) is 8.17. The Morgan fingerprint density at radius 3 is 2.71 bits per heavy atom. The van der Waals surface area contributed by atoms with Gasteiger partial charge in [0.2, 0.25) is 0 Å². The number of hydrogen-bond acceptors (Lipinski definition) is 6. The lowest BCUT2D eigenvalue weighted by atomic mass is 10.1. The van der Waals surface area contributed by atoms with E-state index in [2.05, 4.69) is 11.1 Å². The van der Waals surface area contributed by atoms with E-state index in [0.29, 0.717) is 35.9 Å². The summed E-state index contributed by atoms with van der Waals surface area (Å²) in [6.45, 7) is 4.88. The molecular formula is C21H23FN4OS. The summed E-state index contributed by atoms with van der Waals surface area (Å²) in [4.78, 5) is 4.59. The van der Waals surface area contributed by atoms with Crippen LogP contribution in [0.3, 0.4) is 0 Å². The number of aliphatic imine (C=N–C) groups is 1. The summed E-state index contributed by atoms with van der Waals surface area (Å²) in [5, 5.41) is 8.87. The van der Waals surface area contributed by atoms with Gasteiger partial charge in [-0.05, 0) is 56.8 Å². The molecule has 1 aliphatic rings. The van der Waals surface area contributed by atoms with E-state index in [4.69, 9.17) is 15.7 Å². The van der Waals surface area contributed by atoms with Crippen molar-refractivity contribution in [2.45, 2.75) is 31.2 Å². The molecule has 1 atom stereocenters. The molecule has 2 N–H and O–H groups in total. The van der Waals surface area contributed by atoms with Crippen LogP contribution < -0.4 is 10.5 Å². The van der Waals surface area contributed by atoms with Gasteiger partial charge in [-0.2, -0.15) is 5.26 Å². The second kappa shape index (κ2) is 8.21. The molecule has 2 aromatic rings. The normalized spacial score (nSPS) is 19.4. The topological polar surface area (TPSA) is 74.6 Å². The maximum atomic E-state index is 14.6. The summed E-state index contributed by atoms with van der Waals surface area (Å²) in [5.74, 6) is 0.730. The van der Waals surface area contributed by atoms with Crippen molar-refractivity contribution < 1.29 is 9.13 Å². The molecule has 3 rings (SSSR count). The fourth-order valence-corrected chi connectivity index (χ4v) is 4.10. The van der Waals surface area contributed by atoms with Crippen molar-refractivity contribution in [3.05, 3.63) is 65.0 Å². The van der Waals surface area contributed by atoms with Gasteiger partial charge >= 0.3 is 0 Å². The van der Waals surface area contributed by atoms with Gasteiger partial charge in [0.15, 0.2) is 0 Å². The van der Waals surface area contributed by atoms with Crippen molar-refractivity contribution in [3.8, 4) is 11.8 Å². The number of rotatable bonds is 4. The third kappa shape index (κ3) is 4.64. The zero-order chi connectivity index (χ0) is 20.3.